The Balaban J connectivity index is 2.27. The highest BCUT2D eigenvalue weighted by Gasteiger charge is 2.11. The molecule has 0 unspecified atom stereocenters. The first-order chi connectivity index (χ1) is 8.58. The van der Waals surface area contributed by atoms with Gasteiger partial charge in [-0.2, -0.15) is 0 Å². The van der Waals surface area contributed by atoms with E-state index in [9.17, 15) is 9.90 Å². The second kappa shape index (κ2) is 5.01. The van der Waals surface area contributed by atoms with Gasteiger partial charge in [0.05, 0.1) is 17.4 Å². The summed E-state index contributed by atoms with van der Waals surface area (Å²) in [6, 6.07) is 3.06. The van der Waals surface area contributed by atoms with Gasteiger partial charge in [-0.3, -0.25) is 9.78 Å². The zero-order chi connectivity index (χ0) is 13.1. The minimum Gasteiger partial charge on any atom is -0.506 e. The number of carbonyl (C=O) groups is 1. The van der Waals surface area contributed by atoms with Gasteiger partial charge in [0.1, 0.15) is 5.75 Å². The number of carbonyl (C=O) groups excluding carboxylic acids is 1. The number of nitrogens with one attached hydrogen (secondary N) is 1. The number of nitrogens with zero attached hydrogens (tertiary/aromatic N) is 2. The number of halogens is 1. The molecular weight excluding hydrogens is 254 g/mol. The molecule has 18 heavy (non-hydrogen) atoms. The molecule has 2 aromatic heterocycles. The van der Waals surface area contributed by atoms with Crippen LogP contribution in [0.15, 0.2) is 30.7 Å². The van der Waals surface area contributed by atoms with Crippen LogP contribution in [0.4, 0.5) is 5.69 Å². The molecule has 0 saturated carbocycles. The Morgan fingerprint density at radius 3 is 2.89 bits per heavy atom. The number of aromatic nitrogens is 2. The maximum absolute atomic E-state index is 11.9. The zero-order valence-electron chi connectivity index (χ0n) is 9.51. The van der Waals surface area contributed by atoms with Crippen molar-refractivity contribution in [3.05, 3.63) is 47.0 Å². The Labute approximate surface area is 108 Å². The number of rotatable bonds is 2. The van der Waals surface area contributed by atoms with Gasteiger partial charge in [-0.1, -0.05) is 11.6 Å². The molecule has 0 aromatic carbocycles. The van der Waals surface area contributed by atoms with Gasteiger partial charge in [0.25, 0.3) is 5.91 Å². The van der Waals surface area contributed by atoms with E-state index < -0.39 is 5.91 Å². The predicted molar refractivity (Wildman–Crippen MR) is 67.8 cm³/mol. The summed E-state index contributed by atoms with van der Waals surface area (Å²) in [6.45, 7) is 1.81. The summed E-state index contributed by atoms with van der Waals surface area (Å²) >= 11 is 5.90. The van der Waals surface area contributed by atoms with Crippen LogP contribution in [0.25, 0.3) is 0 Å². The standard InChI is InChI=1S/C12H10ClN3O2/c1-7-2-3-15-11(13)10(7)16-12(18)8-4-9(17)6-14-5-8/h2-6,17H,1H3,(H,16,18). The molecule has 2 N–H and O–H groups in total. The maximum atomic E-state index is 11.9. The van der Waals surface area contributed by atoms with Crippen molar-refractivity contribution in [1.82, 2.24) is 9.97 Å². The van der Waals surface area contributed by atoms with E-state index in [1.165, 1.54) is 18.5 Å². The molecule has 0 atom stereocenters. The zero-order valence-corrected chi connectivity index (χ0v) is 10.3. The molecule has 2 rings (SSSR count). The molecule has 0 saturated heterocycles. The van der Waals surface area contributed by atoms with E-state index in [0.717, 1.165) is 5.56 Å². The number of anilines is 1. The minimum absolute atomic E-state index is 0.0725. The first-order valence-electron chi connectivity index (χ1n) is 5.14. The van der Waals surface area contributed by atoms with Crippen molar-refractivity contribution >= 4 is 23.2 Å². The van der Waals surface area contributed by atoms with Crippen molar-refractivity contribution < 1.29 is 9.90 Å². The summed E-state index contributed by atoms with van der Waals surface area (Å²) in [5.41, 5.74) is 1.50. The van der Waals surface area contributed by atoms with Gasteiger partial charge in [0.2, 0.25) is 0 Å². The molecule has 0 fully saturated rings. The highest BCUT2D eigenvalue weighted by Crippen LogP contribution is 2.23. The minimum atomic E-state index is -0.406. The molecule has 5 nitrogen and oxygen atoms in total. The third-order valence-corrected chi connectivity index (χ3v) is 2.62. The molecular formula is C12H10ClN3O2. The maximum Gasteiger partial charge on any atom is 0.257 e. The fraction of sp³-hybridized carbons (Fsp3) is 0.0833. The summed E-state index contributed by atoms with van der Waals surface area (Å²) < 4.78 is 0. The van der Waals surface area contributed by atoms with Crippen LogP contribution in [0.1, 0.15) is 15.9 Å². The third-order valence-electron chi connectivity index (χ3n) is 2.34. The lowest BCUT2D eigenvalue weighted by molar-refractivity contribution is 0.102. The molecule has 1 amide bonds. The summed E-state index contributed by atoms with van der Waals surface area (Å²) in [5, 5.41) is 12.1. The van der Waals surface area contributed by atoms with E-state index in [0.29, 0.717) is 5.69 Å². The van der Waals surface area contributed by atoms with Crippen molar-refractivity contribution in [2.24, 2.45) is 0 Å². The van der Waals surface area contributed by atoms with Crippen LogP contribution in [0, 0.1) is 6.92 Å². The summed E-state index contributed by atoms with van der Waals surface area (Å²) in [7, 11) is 0. The van der Waals surface area contributed by atoms with Crippen LogP contribution < -0.4 is 5.32 Å². The van der Waals surface area contributed by atoms with Gasteiger partial charge in [0, 0.05) is 12.4 Å². The monoisotopic (exact) mass is 263 g/mol. The molecule has 2 aromatic rings. The summed E-state index contributed by atoms with van der Waals surface area (Å²) in [5.74, 6) is -0.479. The summed E-state index contributed by atoms with van der Waals surface area (Å²) in [4.78, 5) is 19.5. The van der Waals surface area contributed by atoms with Gasteiger partial charge in [-0.25, -0.2) is 4.98 Å². The highest BCUT2D eigenvalue weighted by molar-refractivity contribution is 6.32. The Bertz CT molecular complexity index is 581. The number of aryl methyl sites for hydroxylation is 1. The van der Waals surface area contributed by atoms with E-state index >= 15 is 0 Å². The molecule has 0 aliphatic heterocycles. The van der Waals surface area contributed by atoms with Crippen LogP contribution in [-0.2, 0) is 0 Å². The van der Waals surface area contributed by atoms with E-state index in [2.05, 4.69) is 15.3 Å². The number of pyridine rings is 2. The average molecular weight is 264 g/mol. The number of hydrogen-bond donors (Lipinski definition) is 2. The first kappa shape index (κ1) is 12.3. The van der Waals surface area contributed by atoms with Crippen molar-refractivity contribution in [1.29, 1.82) is 0 Å². The van der Waals surface area contributed by atoms with E-state index in [-0.39, 0.29) is 16.5 Å². The van der Waals surface area contributed by atoms with Crippen LogP contribution in [0.3, 0.4) is 0 Å². The SMILES string of the molecule is Cc1ccnc(Cl)c1NC(=O)c1cncc(O)c1. The predicted octanol–water partition coefficient (Wildman–Crippen LogP) is 2.40. The molecule has 0 aliphatic carbocycles. The van der Waals surface area contributed by atoms with Crippen molar-refractivity contribution in [3.63, 3.8) is 0 Å². The molecule has 0 bridgehead atoms. The Hall–Kier alpha value is -2.14. The van der Waals surface area contributed by atoms with Gasteiger partial charge in [-0.15, -0.1) is 0 Å². The molecule has 0 aliphatic rings. The fourth-order valence-electron chi connectivity index (χ4n) is 1.41. The summed E-state index contributed by atoms with van der Waals surface area (Å²) in [6.07, 6.45) is 4.16. The fourth-order valence-corrected chi connectivity index (χ4v) is 1.67. The second-order valence-electron chi connectivity index (χ2n) is 3.68. The number of amides is 1. The highest BCUT2D eigenvalue weighted by atomic mass is 35.5. The van der Waals surface area contributed by atoms with Crippen molar-refractivity contribution in [2.45, 2.75) is 6.92 Å². The average Bonchev–Trinajstić information content (AvgIpc) is 2.34. The Kier molecular flexibility index (Phi) is 3.43. The Morgan fingerprint density at radius 2 is 2.22 bits per heavy atom. The quantitative estimate of drug-likeness (QED) is 0.816. The number of aromatic hydroxyl groups is 1. The molecule has 0 radical (unpaired) electrons. The topological polar surface area (TPSA) is 75.1 Å². The van der Waals surface area contributed by atoms with Crippen LogP contribution in [0.2, 0.25) is 5.15 Å². The van der Waals surface area contributed by atoms with E-state index in [1.54, 1.807) is 12.3 Å². The lowest BCUT2D eigenvalue weighted by Crippen LogP contribution is -2.13. The third kappa shape index (κ3) is 2.57. The van der Waals surface area contributed by atoms with E-state index in [1.807, 2.05) is 6.92 Å². The van der Waals surface area contributed by atoms with Gasteiger partial charge < -0.3 is 10.4 Å². The van der Waals surface area contributed by atoms with Crippen molar-refractivity contribution in [3.8, 4) is 5.75 Å². The normalized spacial score (nSPS) is 10.1. The smallest absolute Gasteiger partial charge is 0.257 e. The van der Waals surface area contributed by atoms with Gasteiger partial charge in [0.15, 0.2) is 5.15 Å². The largest absolute Gasteiger partial charge is 0.506 e. The number of hydrogen-bond acceptors (Lipinski definition) is 4. The molecule has 2 heterocycles. The van der Waals surface area contributed by atoms with E-state index in [4.69, 9.17) is 11.6 Å². The van der Waals surface area contributed by atoms with Gasteiger partial charge >= 0.3 is 0 Å². The Morgan fingerprint density at radius 1 is 1.44 bits per heavy atom. The van der Waals surface area contributed by atoms with Gasteiger partial charge in [-0.05, 0) is 24.6 Å². The first-order valence-corrected chi connectivity index (χ1v) is 5.52. The molecule has 6 heteroatoms. The molecule has 92 valence electrons. The molecule has 0 spiro atoms. The van der Waals surface area contributed by atoms with Crippen LogP contribution in [-0.4, -0.2) is 21.0 Å². The second-order valence-corrected chi connectivity index (χ2v) is 4.04. The van der Waals surface area contributed by atoms with Crippen LogP contribution >= 0.6 is 11.6 Å². The lowest BCUT2D eigenvalue weighted by atomic mass is 10.2. The lowest BCUT2D eigenvalue weighted by Gasteiger charge is -2.09. The van der Waals surface area contributed by atoms with Crippen LogP contribution in [0.5, 0.6) is 5.75 Å². The van der Waals surface area contributed by atoms with Crippen molar-refractivity contribution in [2.75, 3.05) is 5.32 Å².